The molecule has 0 bridgehead atoms. The minimum atomic E-state index is -3.46. The summed E-state index contributed by atoms with van der Waals surface area (Å²) < 4.78 is 26.4. The van der Waals surface area contributed by atoms with Crippen LogP contribution in [-0.2, 0) is 10.0 Å². The van der Waals surface area contributed by atoms with Gasteiger partial charge in [-0.25, -0.2) is 8.42 Å². The first-order valence-corrected chi connectivity index (χ1v) is 7.25. The van der Waals surface area contributed by atoms with Gasteiger partial charge in [-0.3, -0.25) is 9.52 Å². The SMILES string of the molecule is O=c1[nH]cc[c]c1NS(=O)(=O)C1CCCCC1. The van der Waals surface area contributed by atoms with Crippen LogP contribution in [0.2, 0.25) is 0 Å². The summed E-state index contributed by atoms with van der Waals surface area (Å²) >= 11 is 0. The fraction of sp³-hybridized carbons (Fsp3) is 0.545. The molecule has 93 valence electrons. The second-order valence-electron chi connectivity index (χ2n) is 4.23. The van der Waals surface area contributed by atoms with Crippen molar-refractivity contribution in [1.29, 1.82) is 0 Å². The summed E-state index contributed by atoms with van der Waals surface area (Å²) in [6.07, 6.45) is 5.70. The number of nitrogens with one attached hydrogen (secondary N) is 2. The molecular formula is C11H15N2O3S. The molecule has 0 unspecified atom stereocenters. The molecule has 1 fully saturated rings. The van der Waals surface area contributed by atoms with Gasteiger partial charge in [0.05, 0.1) is 5.25 Å². The fourth-order valence-electron chi connectivity index (χ4n) is 2.06. The normalized spacial score (nSPS) is 17.9. The van der Waals surface area contributed by atoms with Gasteiger partial charge in [0.15, 0.2) is 0 Å². The summed E-state index contributed by atoms with van der Waals surface area (Å²) in [4.78, 5) is 13.8. The van der Waals surface area contributed by atoms with Gasteiger partial charge in [-0.05, 0) is 18.9 Å². The molecule has 0 amide bonds. The summed E-state index contributed by atoms with van der Waals surface area (Å²) in [7, 11) is -3.46. The van der Waals surface area contributed by atoms with Crippen molar-refractivity contribution in [3.8, 4) is 0 Å². The maximum Gasteiger partial charge on any atom is 0.272 e. The Balaban J connectivity index is 2.17. The van der Waals surface area contributed by atoms with Crippen molar-refractivity contribution in [2.45, 2.75) is 37.4 Å². The van der Waals surface area contributed by atoms with Crippen molar-refractivity contribution in [2.24, 2.45) is 0 Å². The lowest BCUT2D eigenvalue weighted by molar-refractivity contribution is 0.486. The Morgan fingerprint density at radius 1 is 1.29 bits per heavy atom. The maximum atomic E-state index is 12.0. The zero-order valence-electron chi connectivity index (χ0n) is 9.40. The molecule has 1 aliphatic rings. The van der Waals surface area contributed by atoms with Crippen molar-refractivity contribution < 1.29 is 8.42 Å². The Hall–Kier alpha value is -1.30. The number of hydrogen-bond donors (Lipinski definition) is 2. The summed E-state index contributed by atoms with van der Waals surface area (Å²) in [6, 6.07) is 4.07. The molecule has 1 saturated carbocycles. The molecule has 5 nitrogen and oxygen atoms in total. The summed E-state index contributed by atoms with van der Waals surface area (Å²) in [5.41, 5.74) is -0.495. The summed E-state index contributed by atoms with van der Waals surface area (Å²) in [5.74, 6) is 0. The molecule has 2 N–H and O–H groups in total. The Morgan fingerprint density at radius 3 is 2.65 bits per heavy atom. The van der Waals surface area contributed by atoms with E-state index in [4.69, 9.17) is 0 Å². The van der Waals surface area contributed by atoms with E-state index in [1.54, 1.807) is 0 Å². The van der Waals surface area contributed by atoms with E-state index in [1.807, 2.05) is 0 Å². The quantitative estimate of drug-likeness (QED) is 0.853. The van der Waals surface area contributed by atoms with Crippen molar-refractivity contribution in [3.05, 3.63) is 28.7 Å². The van der Waals surface area contributed by atoms with Crippen LogP contribution in [-0.4, -0.2) is 18.7 Å². The smallest absolute Gasteiger partial charge is 0.272 e. The topological polar surface area (TPSA) is 79.0 Å². The minimum absolute atomic E-state index is 0.0296. The molecule has 1 aromatic rings. The van der Waals surface area contributed by atoms with E-state index in [0.717, 1.165) is 19.3 Å². The van der Waals surface area contributed by atoms with Crippen LogP contribution < -0.4 is 10.3 Å². The molecule has 1 aromatic heterocycles. The zero-order valence-corrected chi connectivity index (χ0v) is 10.2. The average Bonchev–Trinajstić information content (AvgIpc) is 2.33. The van der Waals surface area contributed by atoms with E-state index < -0.39 is 15.6 Å². The molecule has 6 heteroatoms. The van der Waals surface area contributed by atoms with Gasteiger partial charge in [0.1, 0.15) is 5.69 Å². The van der Waals surface area contributed by atoms with Gasteiger partial charge >= 0.3 is 0 Å². The van der Waals surface area contributed by atoms with Gasteiger partial charge in [0.25, 0.3) is 5.56 Å². The number of anilines is 1. The first kappa shape index (κ1) is 12.2. The zero-order chi connectivity index (χ0) is 12.3. The van der Waals surface area contributed by atoms with Crippen molar-refractivity contribution in [3.63, 3.8) is 0 Å². The van der Waals surface area contributed by atoms with Crippen LogP contribution in [0.15, 0.2) is 17.1 Å². The fourth-order valence-corrected chi connectivity index (χ4v) is 3.61. The average molecular weight is 255 g/mol. The minimum Gasteiger partial charge on any atom is -0.327 e. The van der Waals surface area contributed by atoms with Gasteiger partial charge in [0, 0.05) is 12.3 Å². The Kier molecular flexibility index (Phi) is 3.51. The summed E-state index contributed by atoms with van der Waals surface area (Å²) in [5, 5.41) is -0.385. The lowest BCUT2D eigenvalue weighted by atomic mass is 10.0. The third kappa shape index (κ3) is 2.88. The monoisotopic (exact) mass is 255 g/mol. The molecular weight excluding hydrogens is 240 g/mol. The van der Waals surface area contributed by atoms with Crippen LogP contribution in [0.5, 0.6) is 0 Å². The van der Waals surface area contributed by atoms with Gasteiger partial charge in [0.2, 0.25) is 10.0 Å². The largest absolute Gasteiger partial charge is 0.327 e. The van der Waals surface area contributed by atoms with Crippen LogP contribution >= 0.6 is 0 Å². The van der Waals surface area contributed by atoms with Gasteiger partial charge < -0.3 is 4.98 Å². The molecule has 1 aliphatic carbocycles. The first-order chi connectivity index (χ1) is 8.09. The van der Waals surface area contributed by atoms with Gasteiger partial charge in [-0.15, -0.1) is 0 Å². The highest BCUT2D eigenvalue weighted by atomic mass is 32.2. The standard InChI is InChI=1S/C11H15N2O3S/c14-11-10(7-4-8-12-11)13-17(15,16)9-5-2-1-3-6-9/h4,8-9,13H,1-3,5-6H2,(H,12,14). The van der Waals surface area contributed by atoms with Crippen molar-refractivity contribution >= 4 is 15.7 Å². The number of aromatic amines is 1. The molecule has 1 radical (unpaired) electrons. The van der Waals surface area contributed by atoms with E-state index in [2.05, 4.69) is 15.8 Å². The van der Waals surface area contributed by atoms with E-state index in [9.17, 15) is 13.2 Å². The Bertz CT molecular complexity index is 530. The highest BCUT2D eigenvalue weighted by Crippen LogP contribution is 2.24. The van der Waals surface area contributed by atoms with Crippen LogP contribution in [0.1, 0.15) is 32.1 Å². The molecule has 0 aromatic carbocycles. The van der Waals surface area contributed by atoms with Crippen molar-refractivity contribution in [2.75, 3.05) is 4.72 Å². The van der Waals surface area contributed by atoms with Crippen LogP contribution in [0.4, 0.5) is 5.69 Å². The second-order valence-corrected chi connectivity index (χ2v) is 6.19. The lowest BCUT2D eigenvalue weighted by Gasteiger charge is -2.21. The Labute approximate surface area is 100 Å². The van der Waals surface area contributed by atoms with E-state index in [0.29, 0.717) is 12.8 Å². The number of H-pyrrole nitrogens is 1. The number of aromatic nitrogens is 1. The molecule has 0 atom stereocenters. The predicted molar refractivity (Wildman–Crippen MR) is 65.3 cm³/mol. The first-order valence-electron chi connectivity index (χ1n) is 5.70. The molecule has 1 heterocycles. The van der Waals surface area contributed by atoms with Crippen LogP contribution in [0, 0.1) is 6.07 Å². The van der Waals surface area contributed by atoms with E-state index >= 15 is 0 Å². The molecule has 17 heavy (non-hydrogen) atoms. The van der Waals surface area contributed by atoms with Crippen molar-refractivity contribution in [1.82, 2.24) is 4.98 Å². The Morgan fingerprint density at radius 2 is 2.00 bits per heavy atom. The highest BCUT2D eigenvalue weighted by Gasteiger charge is 2.27. The van der Waals surface area contributed by atoms with Gasteiger partial charge in [-0.1, -0.05) is 19.3 Å². The lowest BCUT2D eigenvalue weighted by Crippen LogP contribution is -2.31. The highest BCUT2D eigenvalue weighted by molar-refractivity contribution is 7.93. The maximum absolute atomic E-state index is 12.0. The molecule has 0 saturated heterocycles. The molecule has 2 rings (SSSR count). The molecule has 0 spiro atoms. The number of sulfonamides is 1. The number of rotatable bonds is 3. The molecule has 0 aliphatic heterocycles. The van der Waals surface area contributed by atoms with Gasteiger partial charge in [-0.2, -0.15) is 0 Å². The summed E-state index contributed by atoms with van der Waals surface area (Å²) in [6.45, 7) is 0. The van der Waals surface area contributed by atoms with Crippen LogP contribution in [0.3, 0.4) is 0 Å². The van der Waals surface area contributed by atoms with Crippen LogP contribution in [0.25, 0.3) is 0 Å². The second kappa shape index (κ2) is 4.91. The van der Waals surface area contributed by atoms with E-state index in [1.165, 1.54) is 12.3 Å². The number of pyridine rings is 1. The third-order valence-electron chi connectivity index (χ3n) is 2.99. The van der Waals surface area contributed by atoms with E-state index in [-0.39, 0.29) is 10.9 Å². The predicted octanol–water partition coefficient (Wildman–Crippen LogP) is 1.25. The number of hydrogen-bond acceptors (Lipinski definition) is 3. The third-order valence-corrected chi connectivity index (χ3v) is 4.83.